The quantitative estimate of drug-likeness (QED) is 0.696. The Labute approximate surface area is 142 Å². The lowest BCUT2D eigenvalue weighted by atomic mass is 9.93. The fourth-order valence-electron chi connectivity index (χ4n) is 2.82. The lowest BCUT2D eigenvalue weighted by Gasteiger charge is -2.12. The van der Waals surface area contributed by atoms with Crippen LogP contribution in [0.2, 0.25) is 0 Å². The van der Waals surface area contributed by atoms with E-state index in [0.717, 1.165) is 0 Å². The topological polar surface area (TPSA) is 88.1 Å². The largest absolute Gasteiger partial charge is 0.469 e. The zero-order valence-electron chi connectivity index (χ0n) is 13.8. The fourth-order valence-corrected chi connectivity index (χ4v) is 2.82. The Kier molecular flexibility index (Phi) is 4.56. The molecule has 6 nitrogen and oxygen atoms in total. The molecule has 25 heavy (non-hydrogen) atoms. The first kappa shape index (κ1) is 16.8. The molecule has 0 radical (unpaired) electrons. The van der Waals surface area contributed by atoms with Crippen molar-refractivity contribution in [1.29, 1.82) is 0 Å². The molecule has 0 saturated heterocycles. The average Bonchev–Trinajstić information content (AvgIpc) is 3.21. The lowest BCUT2D eigenvalue weighted by molar-refractivity contribution is -0.140. The Morgan fingerprint density at radius 2 is 2.00 bits per heavy atom. The Hall–Kier alpha value is -3.09. The molecule has 7 heteroatoms. The van der Waals surface area contributed by atoms with Gasteiger partial charge in [-0.1, -0.05) is 12.1 Å². The van der Waals surface area contributed by atoms with Gasteiger partial charge in [0.1, 0.15) is 17.3 Å². The second-order valence-corrected chi connectivity index (χ2v) is 5.63. The molecule has 3 aromatic rings. The van der Waals surface area contributed by atoms with Crippen LogP contribution in [-0.4, -0.2) is 23.3 Å². The summed E-state index contributed by atoms with van der Waals surface area (Å²) in [5, 5.41) is 5.23. The van der Waals surface area contributed by atoms with Crippen LogP contribution in [0.15, 0.2) is 45.6 Å². The smallest absolute Gasteiger partial charge is 0.306 e. The molecule has 2 aromatic heterocycles. The summed E-state index contributed by atoms with van der Waals surface area (Å²) >= 11 is 0. The molecule has 0 fully saturated rings. The van der Waals surface area contributed by atoms with Crippen molar-refractivity contribution in [3.8, 4) is 11.3 Å². The van der Waals surface area contributed by atoms with Gasteiger partial charge in [-0.3, -0.25) is 14.7 Å². The standard InChI is InChI=1S/C18H17FN2O4/c1-10-17(18(23)21-20-10)12(9-16(22)24-2)15-8-7-14(25-15)11-5-3-4-6-13(11)19/h3-8,12H,9H2,1-2H3,(H2,20,21,23)/t12-/m1/s1. The number of esters is 1. The monoisotopic (exact) mass is 344 g/mol. The Bertz CT molecular complexity index is 954. The maximum absolute atomic E-state index is 14.0. The molecule has 3 rings (SSSR count). The van der Waals surface area contributed by atoms with Gasteiger partial charge in [0.25, 0.3) is 5.56 Å². The van der Waals surface area contributed by atoms with E-state index in [9.17, 15) is 14.0 Å². The molecule has 0 spiro atoms. The van der Waals surface area contributed by atoms with E-state index in [1.807, 2.05) is 0 Å². The minimum absolute atomic E-state index is 0.0670. The highest BCUT2D eigenvalue weighted by molar-refractivity contribution is 5.71. The van der Waals surface area contributed by atoms with Crippen LogP contribution >= 0.6 is 0 Å². The number of aromatic amines is 2. The number of rotatable bonds is 5. The molecule has 0 aliphatic carbocycles. The maximum atomic E-state index is 14.0. The number of aryl methyl sites for hydroxylation is 1. The molecule has 130 valence electrons. The number of hydrogen-bond donors (Lipinski definition) is 2. The predicted molar refractivity (Wildman–Crippen MR) is 88.7 cm³/mol. The van der Waals surface area contributed by atoms with Crippen molar-refractivity contribution in [2.75, 3.05) is 7.11 Å². The minimum Gasteiger partial charge on any atom is -0.469 e. The van der Waals surface area contributed by atoms with E-state index in [0.29, 0.717) is 28.3 Å². The summed E-state index contributed by atoms with van der Waals surface area (Å²) in [6.07, 6.45) is -0.0670. The molecule has 0 bridgehead atoms. The van der Waals surface area contributed by atoms with Crippen LogP contribution in [0, 0.1) is 12.7 Å². The first-order valence-electron chi connectivity index (χ1n) is 7.70. The van der Waals surface area contributed by atoms with Crippen molar-refractivity contribution in [2.24, 2.45) is 0 Å². The van der Waals surface area contributed by atoms with Crippen LogP contribution in [0.4, 0.5) is 4.39 Å². The van der Waals surface area contributed by atoms with Crippen LogP contribution in [0.1, 0.15) is 29.4 Å². The summed E-state index contributed by atoms with van der Waals surface area (Å²) in [5.74, 6) is -0.815. The van der Waals surface area contributed by atoms with Crippen LogP contribution in [0.5, 0.6) is 0 Å². The van der Waals surface area contributed by atoms with Gasteiger partial charge in [-0.2, -0.15) is 0 Å². The summed E-state index contributed by atoms with van der Waals surface area (Å²) in [6, 6.07) is 9.49. The molecular formula is C18H17FN2O4. The highest BCUT2D eigenvalue weighted by Gasteiger charge is 2.27. The van der Waals surface area contributed by atoms with Crippen molar-refractivity contribution >= 4 is 5.97 Å². The van der Waals surface area contributed by atoms with Crippen LogP contribution < -0.4 is 5.56 Å². The molecule has 0 unspecified atom stereocenters. The van der Waals surface area contributed by atoms with Gasteiger partial charge in [0.2, 0.25) is 0 Å². The summed E-state index contributed by atoms with van der Waals surface area (Å²) in [7, 11) is 1.28. The zero-order valence-corrected chi connectivity index (χ0v) is 13.8. The van der Waals surface area contributed by atoms with E-state index in [2.05, 4.69) is 10.2 Å². The summed E-state index contributed by atoms with van der Waals surface area (Å²) < 4.78 is 24.5. The van der Waals surface area contributed by atoms with Gasteiger partial charge in [0.15, 0.2) is 0 Å². The molecule has 1 atom stereocenters. The number of ether oxygens (including phenoxy) is 1. The van der Waals surface area contributed by atoms with E-state index in [-0.39, 0.29) is 12.0 Å². The van der Waals surface area contributed by atoms with Gasteiger partial charge in [0, 0.05) is 5.69 Å². The number of aromatic nitrogens is 2. The number of benzene rings is 1. The van der Waals surface area contributed by atoms with Gasteiger partial charge in [0.05, 0.1) is 30.6 Å². The van der Waals surface area contributed by atoms with E-state index < -0.39 is 17.7 Å². The first-order chi connectivity index (χ1) is 12.0. The summed E-state index contributed by atoms with van der Waals surface area (Å²) in [5.41, 5.74) is 0.961. The lowest BCUT2D eigenvalue weighted by Crippen LogP contribution is -2.16. The first-order valence-corrected chi connectivity index (χ1v) is 7.70. The number of carbonyl (C=O) groups is 1. The predicted octanol–water partition coefficient (Wildman–Crippen LogP) is 3.11. The maximum Gasteiger partial charge on any atom is 0.306 e. The minimum atomic E-state index is -0.636. The number of furan rings is 1. The van der Waals surface area contributed by atoms with E-state index >= 15 is 0 Å². The highest BCUT2D eigenvalue weighted by atomic mass is 19.1. The van der Waals surface area contributed by atoms with E-state index in [4.69, 9.17) is 9.15 Å². The van der Waals surface area contributed by atoms with Crippen LogP contribution in [0.25, 0.3) is 11.3 Å². The summed E-state index contributed by atoms with van der Waals surface area (Å²) in [6.45, 7) is 1.72. The Morgan fingerprint density at radius 1 is 1.24 bits per heavy atom. The van der Waals surface area contributed by atoms with Gasteiger partial charge in [-0.05, 0) is 31.2 Å². The van der Waals surface area contributed by atoms with Crippen molar-refractivity contribution in [1.82, 2.24) is 10.2 Å². The number of hydrogen-bond acceptors (Lipinski definition) is 4. The van der Waals surface area contributed by atoms with Gasteiger partial charge >= 0.3 is 5.97 Å². The molecule has 0 aliphatic heterocycles. The van der Waals surface area contributed by atoms with Crippen molar-refractivity contribution in [2.45, 2.75) is 19.3 Å². The van der Waals surface area contributed by atoms with Crippen molar-refractivity contribution in [3.63, 3.8) is 0 Å². The normalized spacial score (nSPS) is 12.1. The number of nitrogens with one attached hydrogen (secondary N) is 2. The third-order valence-electron chi connectivity index (χ3n) is 4.07. The zero-order chi connectivity index (χ0) is 18.0. The molecular weight excluding hydrogens is 327 g/mol. The average molecular weight is 344 g/mol. The molecule has 2 N–H and O–H groups in total. The van der Waals surface area contributed by atoms with E-state index in [1.54, 1.807) is 37.3 Å². The summed E-state index contributed by atoms with van der Waals surface area (Å²) in [4.78, 5) is 23.9. The highest BCUT2D eigenvalue weighted by Crippen LogP contribution is 2.33. The van der Waals surface area contributed by atoms with Crippen molar-refractivity contribution in [3.05, 3.63) is 69.6 Å². The third kappa shape index (κ3) is 3.26. The van der Waals surface area contributed by atoms with Crippen LogP contribution in [-0.2, 0) is 9.53 Å². The van der Waals surface area contributed by atoms with Gasteiger partial charge < -0.3 is 14.3 Å². The van der Waals surface area contributed by atoms with Gasteiger partial charge in [-0.25, -0.2) is 4.39 Å². The number of H-pyrrole nitrogens is 2. The number of halogens is 1. The Balaban J connectivity index is 2.04. The number of carbonyl (C=O) groups excluding carboxylic acids is 1. The molecule has 0 amide bonds. The third-order valence-corrected chi connectivity index (χ3v) is 4.07. The SMILES string of the molecule is COC(=O)C[C@H](c1ccc(-c2ccccc2F)o1)c1c(C)[nH][nH]c1=O. The van der Waals surface area contributed by atoms with E-state index in [1.165, 1.54) is 13.2 Å². The molecule has 1 aromatic carbocycles. The molecule has 2 heterocycles. The van der Waals surface area contributed by atoms with Gasteiger partial charge in [-0.15, -0.1) is 0 Å². The Morgan fingerprint density at radius 3 is 2.64 bits per heavy atom. The van der Waals surface area contributed by atoms with Crippen LogP contribution in [0.3, 0.4) is 0 Å². The fraction of sp³-hybridized carbons (Fsp3) is 0.222. The van der Waals surface area contributed by atoms with Crippen molar-refractivity contribution < 1.29 is 18.3 Å². The second kappa shape index (κ2) is 6.80. The molecule has 0 aliphatic rings. The second-order valence-electron chi connectivity index (χ2n) is 5.63. The molecule has 0 saturated carbocycles. The number of methoxy groups -OCH3 is 1.